The molecule has 1 aromatic carbocycles. The van der Waals surface area contributed by atoms with E-state index < -0.39 is 0 Å². The summed E-state index contributed by atoms with van der Waals surface area (Å²) in [6.45, 7) is 1.54. The van der Waals surface area contributed by atoms with Crippen molar-refractivity contribution in [3.05, 3.63) is 29.8 Å². The van der Waals surface area contributed by atoms with Crippen LogP contribution in [-0.4, -0.2) is 26.4 Å². The SMILES string of the molecule is COCC(NC1COc2ccccc21)C1CC1. The van der Waals surface area contributed by atoms with Crippen LogP contribution in [-0.2, 0) is 4.74 Å². The van der Waals surface area contributed by atoms with Crippen LogP contribution >= 0.6 is 0 Å². The fourth-order valence-corrected chi connectivity index (χ4v) is 2.56. The summed E-state index contributed by atoms with van der Waals surface area (Å²) in [6, 6.07) is 9.09. The minimum Gasteiger partial charge on any atom is -0.491 e. The van der Waals surface area contributed by atoms with Crippen molar-refractivity contribution >= 4 is 0 Å². The van der Waals surface area contributed by atoms with E-state index in [4.69, 9.17) is 9.47 Å². The lowest BCUT2D eigenvalue weighted by Gasteiger charge is -2.21. The lowest BCUT2D eigenvalue weighted by Crippen LogP contribution is -2.38. The molecule has 3 nitrogen and oxygen atoms in total. The summed E-state index contributed by atoms with van der Waals surface area (Å²) in [5, 5.41) is 3.68. The van der Waals surface area contributed by atoms with Gasteiger partial charge in [-0.1, -0.05) is 18.2 Å². The Labute approximate surface area is 102 Å². The zero-order chi connectivity index (χ0) is 11.7. The van der Waals surface area contributed by atoms with Crippen molar-refractivity contribution in [1.29, 1.82) is 0 Å². The number of ether oxygens (including phenoxy) is 2. The maximum Gasteiger partial charge on any atom is 0.124 e. The number of methoxy groups -OCH3 is 1. The van der Waals surface area contributed by atoms with Gasteiger partial charge in [0.2, 0.25) is 0 Å². The molecule has 2 aliphatic rings. The second-order valence-electron chi connectivity index (χ2n) is 4.97. The first kappa shape index (κ1) is 11.1. The van der Waals surface area contributed by atoms with E-state index in [1.807, 2.05) is 12.1 Å². The van der Waals surface area contributed by atoms with Gasteiger partial charge in [0.05, 0.1) is 12.6 Å². The van der Waals surface area contributed by atoms with Crippen LogP contribution in [0.3, 0.4) is 0 Å². The molecular weight excluding hydrogens is 214 g/mol. The third-order valence-corrected chi connectivity index (χ3v) is 3.65. The molecule has 1 aliphatic carbocycles. The van der Waals surface area contributed by atoms with Gasteiger partial charge in [0.25, 0.3) is 0 Å². The van der Waals surface area contributed by atoms with E-state index in [0.29, 0.717) is 12.1 Å². The number of hydrogen-bond acceptors (Lipinski definition) is 3. The molecule has 0 amide bonds. The third kappa shape index (κ3) is 2.31. The van der Waals surface area contributed by atoms with Crippen molar-refractivity contribution in [3.8, 4) is 5.75 Å². The first-order valence-electron chi connectivity index (χ1n) is 6.35. The van der Waals surface area contributed by atoms with Gasteiger partial charge in [0.1, 0.15) is 12.4 Å². The maximum absolute atomic E-state index is 5.69. The van der Waals surface area contributed by atoms with Crippen LogP contribution < -0.4 is 10.1 Å². The van der Waals surface area contributed by atoms with Crippen LogP contribution in [0.15, 0.2) is 24.3 Å². The molecule has 17 heavy (non-hydrogen) atoms. The fraction of sp³-hybridized carbons (Fsp3) is 0.571. The highest BCUT2D eigenvalue weighted by atomic mass is 16.5. The summed E-state index contributed by atoms with van der Waals surface area (Å²) in [5.41, 5.74) is 1.29. The molecule has 2 unspecified atom stereocenters. The van der Waals surface area contributed by atoms with Gasteiger partial charge in [-0.3, -0.25) is 0 Å². The Kier molecular flexibility index (Phi) is 3.04. The molecule has 92 valence electrons. The molecule has 1 fully saturated rings. The summed E-state index contributed by atoms with van der Waals surface area (Å²) >= 11 is 0. The first-order valence-corrected chi connectivity index (χ1v) is 6.35. The quantitative estimate of drug-likeness (QED) is 0.845. The third-order valence-electron chi connectivity index (χ3n) is 3.65. The van der Waals surface area contributed by atoms with Crippen LogP contribution in [0.25, 0.3) is 0 Å². The normalized spacial score (nSPS) is 24.2. The Morgan fingerprint density at radius 3 is 3.00 bits per heavy atom. The van der Waals surface area contributed by atoms with E-state index in [0.717, 1.165) is 24.9 Å². The molecule has 0 aromatic heterocycles. The van der Waals surface area contributed by atoms with Gasteiger partial charge < -0.3 is 14.8 Å². The van der Waals surface area contributed by atoms with Crippen LogP contribution in [0.1, 0.15) is 24.4 Å². The Morgan fingerprint density at radius 2 is 2.24 bits per heavy atom. The summed E-state index contributed by atoms with van der Waals surface area (Å²) in [4.78, 5) is 0. The number of benzene rings is 1. The monoisotopic (exact) mass is 233 g/mol. The zero-order valence-electron chi connectivity index (χ0n) is 10.2. The zero-order valence-corrected chi connectivity index (χ0v) is 10.2. The summed E-state index contributed by atoms with van der Waals surface area (Å²) < 4.78 is 11.0. The molecule has 0 radical (unpaired) electrons. The number of para-hydroxylation sites is 1. The highest BCUT2D eigenvalue weighted by molar-refractivity contribution is 5.39. The van der Waals surface area contributed by atoms with Crippen molar-refractivity contribution < 1.29 is 9.47 Å². The van der Waals surface area contributed by atoms with Crippen molar-refractivity contribution in [2.75, 3.05) is 20.3 Å². The lowest BCUT2D eigenvalue weighted by molar-refractivity contribution is 0.147. The van der Waals surface area contributed by atoms with E-state index in [1.54, 1.807) is 7.11 Å². The Balaban J connectivity index is 1.69. The largest absolute Gasteiger partial charge is 0.491 e. The summed E-state index contributed by atoms with van der Waals surface area (Å²) in [7, 11) is 1.77. The fourth-order valence-electron chi connectivity index (χ4n) is 2.56. The lowest BCUT2D eigenvalue weighted by atomic mass is 10.1. The highest BCUT2D eigenvalue weighted by Crippen LogP contribution is 2.36. The molecule has 1 aliphatic heterocycles. The minimum atomic E-state index is 0.326. The standard InChI is InChI=1S/C14H19NO2/c1-16-8-12(10-6-7-10)15-13-9-17-14-5-3-2-4-11(13)14/h2-5,10,12-13,15H,6-9H2,1H3. The average Bonchev–Trinajstić information content (AvgIpc) is 3.12. The van der Waals surface area contributed by atoms with Gasteiger partial charge in [-0.2, -0.15) is 0 Å². The Bertz CT molecular complexity index is 390. The number of hydrogen-bond donors (Lipinski definition) is 1. The highest BCUT2D eigenvalue weighted by Gasteiger charge is 2.34. The van der Waals surface area contributed by atoms with Crippen molar-refractivity contribution in [3.63, 3.8) is 0 Å². The molecule has 3 heteroatoms. The molecule has 1 heterocycles. The molecule has 1 aromatic rings. The number of rotatable bonds is 5. The van der Waals surface area contributed by atoms with Crippen LogP contribution in [0.5, 0.6) is 5.75 Å². The predicted octanol–water partition coefficient (Wildman–Crippen LogP) is 2.13. The van der Waals surface area contributed by atoms with Crippen molar-refractivity contribution in [2.45, 2.75) is 24.9 Å². The molecular formula is C14H19NO2. The van der Waals surface area contributed by atoms with Gasteiger partial charge in [-0.05, 0) is 24.8 Å². The van der Waals surface area contributed by atoms with Crippen LogP contribution in [0, 0.1) is 5.92 Å². The van der Waals surface area contributed by atoms with Crippen LogP contribution in [0.2, 0.25) is 0 Å². The average molecular weight is 233 g/mol. The summed E-state index contributed by atoms with van der Waals surface area (Å²) in [6.07, 6.45) is 2.66. The van der Waals surface area contributed by atoms with Crippen molar-refractivity contribution in [2.24, 2.45) is 5.92 Å². The Morgan fingerprint density at radius 1 is 1.41 bits per heavy atom. The van der Waals surface area contributed by atoms with E-state index in [-0.39, 0.29) is 0 Å². The van der Waals surface area contributed by atoms with Gasteiger partial charge in [0, 0.05) is 18.7 Å². The maximum atomic E-state index is 5.69. The van der Waals surface area contributed by atoms with Gasteiger partial charge in [-0.25, -0.2) is 0 Å². The van der Waals surface area contributed by atoms with E-state index in [1.165, 1.54) is 18.4 Å². The van der Waals surface area contributed by atoms with E-state index in [2.05, 4.69) is 17.4 Å². The first-order chi connectivity index (χ1) is 8.38. The molecule has 2 atom stereocenters. The molecule has 0 saturated heterocycles. The van der Waals surface area contributed by atoms with E-state index in [9.17, 15) is 0 Å². The molecule has 0 spiro atoms. The van der Waals surface area contributed by atoms with E-state index >= 15 is 0 Å². The second kappa shape index (κ2) is 4.67. The van der Waals surface area contributed by atoms with Crippen LogP contribution in [0.4, 0.5) is 0 Å². The van der Waals surface area contributed by atoms with Gasteiger partial charge in [0.15, 0.2) is 0 Å². The molecule has 1 saturated carbocycles. The molecule has 0 bridgehead atoms. The smallest absolute Gasteiger partial charge is 0.124 e. The van der Waals surface area contributed by atoms with Gasteiger partial charge in [-0.15, -0.1) is 0 Å². The minimum absolute atomic E-state index is 0.326. The number of nitrogens with one attached hydrogen (secondary N) is 1. The topological polar surface area (TPSA) is 30.5 Å². The predicted molar refractivity (Wildman–Crippen MR) is 66.2 cm³/mol. The molecule has 1 N–H and O–H groups in total. The van der Waals surface area contributed by atoms with Gasteiger partial charge >= 0.3 is 0 Å². The number of fused-ring (bicyclic) bond motifs is 1. The van der Waals surface area contributed by atoms with Crippen molar-refractivity contribution in [1.82, 2.24) is 5.32 Å². The Hall–Kier alpha value is -1.06. The second-order valence-corrected chi connectivity index (χ2v) is 4.97. The summed E-state index contributed by atoms with van der Waals surface area (Å²) in [5.74, 6) is 1.82. The molecule has 3 rings (SSSR count).